The lowest BCUT2D eigenvalue weighted by Crippen LogP contribution is -2.57. The number of nitrogens with one attached hydrogen (secondary N) is 4. The predicted molar refractivity (Wildman–Crippen MR) is 190 cm³/mol. The summed E-state index contributed by atoms with van der Waals surface area (Å²) in [5.74, 6) is -0.684. The first-order valence-electron chi connectivity index (χ1n) is 17.6. The summed E-state index contributed by atoms with van der Waals surface area (Å²) >= 11 is 0. The highest BCUT2D eigenvalue weighted by Gasteiger charge is 2.32. The molecule has 4 amide bonds. The van der Waals surface area contributed by atoms with Crippen LogP contribution in [0.3, 0.4) is 0 Å². The van der Waals surface area contributed by atoms with Gasteiger partial charge < -0.3 is 31.1 Å². The molecule has 48 heavy (non-hydrogen) atoms. The fourth-order valence-electron chi connectivity index (χ4n) is 5.80. The number of carbonyl (C=O) groups excluding carboxylic acids is 4. The Labute approximate surface area is 287 Å². The minimum Gasteiger partial charge on any atom is -0.444 e. The quantitative estimate of drug-likeness (QED) is 0.0748. The molecule has 0 saturated heterocycles. The predicted octanol–water partition coefficient (Wildman–Crippen LogP) is 5.50. The number of hydrogen-bond acceptors (Lipinski definition) is 6. The number of carbonyl (C=O) groups is 4. The first-order chi connectivity index (χ1) is 22.7. The van der Waals surface area contributed by atoms with Gasteiger partial charge in [-0.15, -0.1) is 6.58 Å². The standard InChI is InChI=1S/C38H60N4O6/c1-8-9-12-21-30(40-36(46)32(24-29-19-15-11-16-20-29)42-37(47)48-38(5,6)7)35(45)41-31(23-28-17-13-10-14-18-28)33(43)22-27(4)34(44)39-25-26(2)3/h8,11,15-16,19-20,26,28,30-33,43H,1,4,9-10,12-14,17-18,21-25H2,2-3,5-7H3,(H,39,44)(H,40,46)(H,41,45)(H,42,47)/t30?,31-,32-,33-/m0/s1. The van der Waals surface area contributed by atoms with E-state index < -0.39 is 47.7 Å². The molecule has 1 aromatic rings. The van der Waals surface area contributed by atoms with E-state index in [-0.39, 0.29) is 30.2 Å². The Bertz CT molecular complexity index is 1190. The molecule has 1 unspecified atom stereocenters. The van der Waals surface area contributed by atoms with Crippen LogP contribution in [0, 0.1) is 11.8 Å². The van der Waals surface area contributed by atoms with Gasteiger partial charge >= 0.3 is 6.09 Å². The maximum atomic E-state index is 13.9. The Morgan fingerprint density at radius 3 is 2.23 bits per heavy atom. The summed E-state index contributed by atoms with van der Waals surface area (Å²) in [5, 5.41) is 22.8. The SMILES string of the molecule is C=CCCCC(NC(=O)[C@H](Cc1ccccc1)NC(=O)OC(C)(C)C)C(=O)N[C@@H](CC1CCCCC1)[C@@H](O)CC(=C)C(=O)NCC(C)C. The maximum absolute atomic E-state index is 13.9. The van der Waals surface area contributed by atoms with Gasteiger partial charge in [-0.3, -0.25) is 14.4 Å². The van der Waals surface area contributed by atoms with Gasteiger partial charge in [0.1, 0.15) is 17.7 Å². The van der Waals surface area contributed by atoms with Gasteiger partial charge in [-0.1, -0.05) is 88.9 Å². The largest absolute Gasteiger partial charge is 0.444 e. The van der Waals surface area contributed by atoms with Crippen LogP contribution in [-0.4, -0.2) is 65.3 Å². The van der Waals surface area contributed by atoms with Gasteiger partial charge in [-0.25, -0.2) is 4.79 Å². The van der Waals surface area contributed by atoms with E-state index in [0.717, 1.165) is 31.2 Å². The van der Waals surface area contributed by atoms with Gasteiger partial charge in [0.05, 0.1) is 12.1 Å². The van der Waals surface area contributed by atoms with E-state index in [1.807, 2.05) is 44.2 Å². The van der Waals surface area contributed by atoms with E-state index in [1.54, 1.807) is 26.8 Å². The average Bonchev–Trinajstić information content (AvgIpc) is 3.02. The Kier molecular flexibility index (Phi) is 17.4. The van der Waals surface area contributed by atoms with Crippen molar-refractivity contribution in [3.63, 3.8) is 0 Å². The van der Waals surface area contributed by atoms with Crippen LogP contribution in [0.2, 0.25) is 0 Å². The van der Waals surface area contributed by atoms with Crippen molar-refractivity contribution >= 4 is 23.8 Å². The molecule has 10 nitrogen and oxygen atoms in total. The van der Waals surface area contributed by atoms with Crippen LogP contribution >= 0.6 is 0 Å². The maximum Gasteiger partial charge on any atom is 0.408 e. The molecule has 1 saturated carbocycles. The molecule has 0 bridgehead atoms. The van der Waals surface area contributed by atoms with E-state index in [0.29, 0.717) is 38.1 Å². The summed E-state index contributed by atoms with van der Waals surface area (Å²) in [4.78, 5) is 53.1. The minimum absolute atomic E-state index is 0.00798. The third-order valence-electron chi connectivity index (χ3n) is 8.38. The number of allylic oxidation sites excluding steroid dienone is 1. The second kappa shape index (κ2) is 20.6. The van der Waals surface area contributed by atoms with Crippen LogP contribution in [0.4, 0.5) is 4.79 Å². The Morgan fingerprint density at radius 1 is 0.979 bits per heavy atom. The molecule has 5 N–H and O–H groups in total. The van der Waals surface area contributed by atoms with Gasteiger partial charge in [-0.2, -0.15) is 0 Å². The van der Waals surface area contributed by atoms with Crippen LogP contribution in [0.25, 0.3) is 0 Å². The molecule has 10 heteroatoms. The van der Waals surface area contributed by atoms with Gasteiger partial charge in [0.25, 0.3) is 0 Å². The Morgan fingerprint density at radius 2 is 1.62 bits per heavy atom. The Hall–Kier alpha value is -3.66. The summed E-state index contributed by atoms with van der Waals surface area (Å²) < 4.78 is 5.43. The van der Waals surface area contributed by atoms with Crippen LogP contribution in [0.5, 0.6) is 0 Å². The number of hydrogen-bond donors (Lipinski definition) is 5. The second-order valence-corrected chi connectivity index (χ2v) is 14.5. The fraction of sp³-hybridized carbons (Fsp3) is 0.632. The van der Waals surface area contributed by atoms with Crippen molar-refractivity contribution in [3.8, 4) is 0 Å². The molecular weight excluding hydrogens is 608 g/mol. The van der Waals surface area contributed by atoms with E-state index in [1.165, 1.54) is 6.42 Å². The first kappa shape index (κ1) is 40.5. The molecule has 4 atom stereocenters. The second-order valence-electron chi connectivity index (χ2n) is 14.5. The third kappa shape index (κ3) is 16.0. The van der Waals surface area contributed by atoms with Crippen LogP contribution in [-0.2, 0) is 25.5 Å². The van der Waals surface area contributed by atoms with Crippen molar-refractivity contribution in [1.29, 1.82) is 0 Å². The highest BCUT2D eigenvalue weighted by atomic mass is 16.6. The first-order valence-corrected chi connectivity index (χ1v) is 17.6. The lowest BCUT2D eigenvalue weighted by Gasteiger charge is -2.32. The summed E-state index contributed by atoms with van der Waals surface area (Å²) in [6.07, 6.45) is 7.66. The lowest BCUT2D eigenvalue weighted by atomic mass is 9.83. The van der Waals surface area contributed by atoms with Gasteiger partial charge in [0, 0.05) is 25.0 Å². The third-order valence-corrected chi connectivity index (χ3v) is 8.38. The normalized spacial score (nSPS) is 16.1. The molecule has 0 spiro atoms. The molecular formula is C38H60N4O6. The van der Waals surface area contributed by atoms with Crippen molar-refractivity contribution in [2.45, 2.75) is 135 Å². The number of ether oxygens (including phenoxy) is 1. The molecule has 1 fully saturated rings. The number of unbranched alkanes of at least 4 members (excludes halogenated alkanes) is 1. The summed E-state index contributed by atoms with van der Waals surface area (Å²) in [5.41, 5.74) is 0.313. The molecule has 1 aliphatic carbocycles. The van der Waals surface area contributed by atoms with E-state index >= 15 is 0 Å². The number of alkyl carbamates (subject to hydrolysis) is 1. The van der Waals surface area contributed by atoms with Crippen molar-refractivity contribution < 1.29 is 29.0 Å². The van der Waals surface area contributed by atoms with Gasteiger partial charge in [0.2, 0.25) is 17.7 Å². The minimum atomic E-state index is -1.04. The van der Waals surface area contributed by atoms with Crippen LogP contribution < -0.4 is 21.3 Å². The van der Waals surface area contributed by atoms with Crippen molar-refractivity contribution in [2.24, 2.45) is 11.8 Å². The molecule has 0 radical (unpaired) electrons. The van der Waals surface area contributed by atoms with Crippen molar-refractivity contribution in [2.75, 3.05) is 6.54 Å². The van der Waals surface area contributed by atoms with Crippen LogP contribution in [0.15, 0.2) is 55.1 Å². The molecule has 0 heterocycles. The topological polar surface area (TPSA) is 146 Å². The summed E-state index contributed by atoms with van der Waals surface area (Å²) in [6, 6.07) is 6.70. The zero-order chi connectivity index (χ0) is 35.7. The molecule has 0 aromatic heterocycles. The summed E-state index contributed by atoms with van der Waals surface area (Å²) in [7, 11) is 0. The monoisotopic (exact) mass is 668 g/mol. The number of aliphatic hydroxyl groups is 1. The highest BCUT2D eigenvalue weighted by Crippen LogP contribution is 2.29. The summed E-state index contributed by atoms with van der Waals surface area (Å²) in [6.45, 7) is 17.4. The van der Waals surface area contributed by atoms with E-state index in [2.05, 4.69) is 34.4 Å². The fourth-order valence-corrected chi connectivity index (χ4v) is 5.80. The van der Waals surface area contributed by atoms with E-state index in [9.17, 15) is 24.3 Å². The van der Waals surface area contributed by atoms with Gasteiger partial charge in [0.15, 0.2) is 0 Å². The van der Waals surface area contributed by atoms with Gasteiger partial charge in [-0.05, 0) is 63.9 Å². The van der Waals surface area contributed by atoms with Crippen LogP contribution in [0.1, 0.15) is 104 Å². The molecule has 2 rings (SSSR count). The zero-order valence-corrected chi connectivity index (χ0v) is 29.8. The molecule has 268 valence electrons. The Balaban J connectivity index is 2.27. The lowest BCUT2D eigenvalue weighted by molar-refractivity contribution is -0.131. The van der Waals surface area contributed by atoms with Crippen molar-refractivity contribution in [3.05, 3.63) is 60.7 Å². The van der Waals surface area contributed by atoms with Crippen molar-refractivity contribution in [1.82, 2.24) is 21.3 Å². The number of amides is 4. The number of aliphatic hydroxyl groups excluding tert-OH is 1. The smallest absolute Gasteiger partial charge is 0.408 e. The van der Waals surface area contributed by atoms with E-state index in [4.69, 9.17) is 4.74 Å². The number of benzene rings is 1. The molecule has 1 aliphatic rings. The molecule has 1 aromatic carbocycles. The highest BCUT2D eigenvalue weighted by molar-refractivity contribution is 5.93. The average molecular weight is 669 g/mol. The zero-order valence-electron chi connectivity index (χ0n) is 29.8. The molecule has 0 aliphatic heterocycles. The number of rotatable bonds is 19.